The lowest BCUT2D eigenvalue weighted by atomic mass is 9.83. The number of rotatable bonds is 10. The summed E-state index contributed by atoms with van der Waals surface area (Å²) in [6.07, 6.45) is 13.8. The van der Waals surface area contributed by atoms with E-state index in [1.165, 1.54) is 74.1 Å². The van der Waals surface area contributed by atoms with E-state index in [2.05, 4.69) is 161 Å². The lowest BCUT2D eigenvalue weighted by Gasteiger charge is -2.28. The molecule has 5 aromatic carbocycles. The van der Waals surface area contributed by atoms with Gasteiger partial charge in [0, 0.05) is 80.7 Å². The quantitative estimate of drug-likeness (QED) is 0.0789. The van der Waals surface area contributed by atoms with Crippen LogP contribution < -0.4 is 19.6 Å². The normalized spacial score (nSPS) is 18.1. The molecule has 4 saturated heterocycles. The zero-order chi connectivity index (χ0) is 42.4. The van der Waals surface area contributed by atoms with Gasteiger partial charge in [-0.05, 0) is 177 Å². The Hall–Kier alpha value is -4.21. The minimum atomic E-state index is -1.48. The molecule has 0 unspecified atom stereocenters. The summed E-state index contributed by atoms with van der Waals surface area (Å²) in [5.41, 5.74) is 9.97. The molecule has 0 aromatic heterocycles. The molecule has 0 spiro atoms. The van der Waals surface area contributed by atoms with Gasteiger partial charge in [0.05, 0.1) is 24.6 Å². The topological polar surface area (TPSA) is 39.3 Å². The van der Waals surface area contributed by atoms with E-state index in [4.69, 9.17) is 27.9 Å². The second-order valence-electron chi connectivity index (χ2n) is 17.3. The van der Waals surface area contributed by atoms with Crippen molar-refractivity contribution >= 4 is 94.9 Å². The van der Waals surface area contributed by atoms with Crippen molar-refractivity contribution in [3.63, 3.8) is 0 Å². The number of hydrogen-bond donors (Lipinski definition) is 0. The van der Waals surface area contributed by atoms with E-state index >= 15 is 0 Å². The summed E-state index contributed by atoms with van der Waals surface area (Å²) in [7, 11) is 0. The van der Waals surface area contributed by atoms with E-state index in [9.17, 15) is 4.79 Å². The SMILES string of the molecule is O=C1OC(C=C(c2ccc(N3CCCC3)cc2)c2ccc(N3CCCC3)cc2)(C=C(c2ccc(N3CCCC3)cc2)c2ccc(N3CCCC3)cc2)c2c(Cl)c(Br)c(Br)c(Cl)c21. The number of carbonyl (C=O) groups excluding carboxylic acids is 1. The molecule has 5 aromatic rings. The molecule has 5 aliphatic rings. The van der Waals surface area contributed by atoms with Gasteiger partial charge in [0.15, 0.2) is 5.60 Å². The molecule has 318 valence electrons. The molecule has 0 amide bonds. The summed E-state index contributed by atoms with van der Waals surface area (Å²) >= 11 is 21.9. The highest BCUT2D eigenvalue weighted by molar-refractivity contribution is 9.13. The van der Waals surface area contributed by atoms with Crippen LogP contribution in [0, 0.1) is 0 Å². The van der Waals surface area contributed by atoms with Crippen molar-refractivity contribution < 1.29 is 9.53 Å². The Morgan fingerprint density at radius 2 is 0.742 bits per heavy atom. The molecule has 4 fully saturated rings. The first-order valence-electron chi connectivity index (χ1n) is 22.2. The van der Waals surface area contributed by atoms with E-state index in [1.54, 1.807) is 0 Å². The van der Waals surface area contributed by atoms with Crippen LogP contribution in [0.1, 0.15) is 89.5 Å². The number of fused-ring (bicyclic) bond motifs is 1. The van der Waals surface area contributed by atoms with Crippen LogP contribution in [-0.2, 0) is 10.3 Å². The number of cyclic esters (lactones) is 1. The van der Waals surface area contributed by atoms with E-state index in [0.717, 1.165) is 85.8 Å². The van der Waals surface area contributed by atoms with Gasteiger partial charge in [-0.15, -0.1) is 0 Å². The lowest BCUT2D eigenvalue weighted by molar-refractivity contribution is 0.0300. The molecular formula is C52H50Br2Cl2N4O2. The molecular weight excluding hydrogens is 943 g/mol. The molecule has 0 atom stereocenters. The number of halogens is 4. The summed E-state index contributed by atoms with van der Waals surface area (Å²) < 4.78 is 7.89. The molecule has 0 radical (unpaired) electrons. The lowest BCUT2D eigenvalue weighted by Crippen LogP contribution is -2.23. The average molecular weight is 994 g/mol. The summed E-state index contributed by atoms with van der Waals surface area (Å²) in [6, 6.07) is 35.3. The Bertz CT molecular complexity index is 2260. The third kappa shape index (κ3) is 7.99. The van der Waals surface area contributed by atoms with Crippen molar-refractivity contribution in [2.45, 2.75) is 57.0 Å². The van der Waals surface area contributed by atoms with Gasteiger partial charge in [-0.25, -0.2) is 4.79 Å². The fourth-order valence-electron chi connectivity index (χ4n) is 10.1. The zero-order valence-electron chi connectivity index (χ0n) is 34.8. The average Bonchev–Trinajstić information content (AvgIpc) is 4.17. The summed E-state index contributed by atoms with van der Waals surface area (Å²) in [5.74, 6) is -0.533. The van der Waals surface area contributed by atoms with Gasteiger partial charge < -0.3 is 24.3 Å². The van der Waals surface area contributed by atoms with Gasteiger partial charge in [-0.3, -0.25) is 0 Å². The van der Waals surface area contributed by atoms with Crippen LogP contribution in [0.3, 0.4) is 0 Å². The number of nitrogens with zero attached hydrogens (tertiary/aromatic N) is 4. The third-order valence-electron chi connectivity index (χ3n) is 13.4. The first-order chi connectivity index (χ1) is 30.3. The van der Waals surface area contributed by atoms with Gasteiger partial charge in [0.2, 0.25) is 0 Å². The largest absolute Gasteiger partial charge is 0.442 e. The van der Waals surface area contributed by atoms with Crippen molar-refractivity contribution in [1.82, 2.24) is 0 Å². The van der Waals surface area contributed by atoms with E-state index in [0.29, 0.717) is 19.5 Å². The monoisotopic (exact) mass is 990 g/mol. The maximum absolute atomic E-state index is 14.5. The van der Waals surface area contributed by atoms with Gasteiger partial charge in [0.1, 0.15) is 0 Å². The third-order valence-corrected chi connectivity index (χ3v) is 16.8. The Labute approximate surface area is 392 Å². The number of anilines is 4. The van der Waals surface area contributed by atoms with Crippen molar-refractivity contribution in [3.8, 4) is 0 Å². The van der Waals surface area contributed by atoms with E-state index in [-0.39, 0.29) is 10.6 Å². The number of carbonyl (C=O) groups is 1. The standard InChI is InChI=1S/C52H50Br2Cl2N4O2/c53-47-48(54)50(56)46-45(49(47)55)51(61)62-52(46,33-43(35-9-17-39(18-10-35)57-25-1-2-26-57)36-11-19-40(20-12-36)58-27-3-4-28-58)34-44(37-13-21-41(22-14-37)59-29-5-6-30-59)38-15-23-42(24-16-38)60-31-7-8-32-60/h9-24,33-34H,1-8,25-32H2. The van der Waals surface area contributed by atoms with Crippen LogP contribution >= 0.6 is 55.1 Å². The molecule has 0 bridgehead atoms. The summed E-state index contributed by atoms with van der Waals surface area (Å²) in [5, 5.41) is 0.610. The zero-order valence-corrected chi connectivity index (χ0v) is 39.5. The van der Waals surface area contributed by atoms with Crippen LogP contribution in [0.2, 0.25) is 10.0 Å². The number of benzene rings is 5. The van der Waals surface area contributed by atoms with Gasteiger partial charge in [-0.1, -0.05) is 71.7 Å². The van der Waals surface area contributed by atoms with Crippen molar-refractivity contribution in [2.24, 2.45) is 0 Å². The Balaban J connectivity index is 1.20. The molecule has 0 saturated carbocycles. The summed E-state index contributed by atoms with van der Waals surface area (Å²) in [4.78, 5) is 24.3. The van der Waals surface area contributed by atoms with Crippen molar-refractivity contribution in [1.29, 1.82) is 0 Å². The second kappa shape index (κ2) is 17.8. The summed E-state index contributed by atoms with van der Waals surface area (Å²) in [6.45, 7) is 8.49. The predicted molar refractivity (Wildman–Crippen MR) is 265 cm³/mol. The van der Waals surface area contributed by atoms with Crippen molar-refractivity contribution in [3.05, 3.63) is 162 Å². The fraction of sp³-hybridized carbons (Fsp3) is 0.327. The van der Waals surface area contributed by atoms with E-state index < -0.39 is 11.6 Å². The van der Waals surface area contributed by atoms with Crippen LogP contribution in [0.4, 0.5) is 22.7 Å². The Morgan fingerprint density at radius 3 is 1.03 bits per heavy atom. The van der Waals surface area contributed by atoms with Gasteiger partial charge in [-0.2, -0.15) is 0 Å². The maximum atomic E-state index is 14.5. The molecule has 0 N–H and O–H groups in total. The first kappa shape index (κ1) is 41.8. The van der Waals surface area contributed by atoms with Crippen molar-refractivity contribution in [2.75, 3.05) is 72.0 Å². The second-order valence-corrected chi connectivity index (χ2v) is 19.6. The minimum Gasteiger partial charge on any atom is -0.442 e. The molecule has 6 nitrogen and oxygen atoms in total. The Kier molecular flexibility index (Phi) is 12.0. The first-order valence-corrected chi connectivity index (χ1v) is 24.6. The molecule has 0 aliphatic carbocycles. The number of hydrogen-bond acceptors (Lipinski definition) is 6. The van der Waals surface area contributed by atoms with Gasteiger partial charge >= 0.3 is 5.97 Å². The van der Waals surface area contributed by atoms with Crippen LogP contribution in [0.15, 0.2) is 118 Å². The molecule has 5 heterocycles. The molecule has 10 rings (SSSR count). The Morgan fingerprint density at radius 1 is 0.468 bits per heavy atom. The predicted octanol–water partition coefficient (Wildman–Crippen LogP) is 13.5. The number of esters is 1. The van der Waals surface area contributed by atoms with Gasteiger partial charge in [0.25, 0.3) is 0 Å². The van der Waals surface area contributed by atoms with Crippen LogP contribution in [-0.4, -0.2) is 58.3 Å². The van der Waals surface area contributed by atoms with E-state index in [1.807, 2.05) is 0 Å². The highest BCUT2D eigenvalue weighted by atomic mass is 79.9. The van der Waals surface area contributed by atoms with Crippen LogP contribution in [0.5, 0.6) is 0 Å². The fourth-order valence-corrected chi connectivity index (χ4v) is 11.7. The highest BCUT2D eigenvalue weighted by Gasteiger charge is 2.48. The molecule has 10 heteroatoms. The van der Waals surface area contributed by atoms with Crippen LogP contribution in [0.25, 0.3) is 11.1 Å². The smallest absolute Gasteiger partial charge is 0.341 e. The maximum Gasteiger partial charge on any atom is 0.341 e. The minimum absolute atomic E-state index is 0.250. The number of ether oxygens (including phenoxy) is 1. The molecule has 5 aliphatic heterocycles. The molecule has 62 heavy (non-hydrogen) atoms. The highest BCUT2D eigenvalue weighted by Crippen LogP contribution is 2.54.